The van der Waals surface area contributed by atoms with Gasteiger partial charge in [-0.15, -0.1) is 0 Å². The van der Waals surface area contributed by atoms with E-state index in [9.17, 15) is 0 Å². The number of allylic oxidation sites excluding steroid dienone is 2. The van der Waals surface area contributed by atoms with Crippen LogP contribution in [0, 0.1) is 45.4 Å². The summed E-state index contributed by atoms with van der Waals surface area (Å²) in [5, 5.41) is 1.44. The van der Waals surface area contributed by atoms with Gasteiger partial charge in [-0.3, -0.25) is 0 Å². The Kier molecular flexibility index (Phi) is 22.6. The van der Waals surface area contributed by atoms with Gasteiger partial charge in [0.25, 0.3) is 40.0 Å². The lowest BCUT2D eigenvalue weighted by atomic mass is 9.67. The fourth-order valence-electron chi connectivity index (χ4n) is 9.09. The Morgan fingerprint density at radius 1 is 0.419 bits per heavy atom. The van der Waals surface area contributed by atoms with Crippen molar-refractivity contribution in [1.29, 1.82) is 0 Å². The Morgan fingerprint density at radius 3 is 1.05 bits per heavy atom. The summed E-state index contributed by atoms with van der Waals surface area (Å²) < 4.78 is 77.1. The van der Waals surface area contributed by atoms with E-state index in [0.717, 1.165) is 0 Å². The molecule has 62 heavy (non-hydrogen) atoms. The maximum absolute atomic E-state index is 7.49. The van der Waals surface area contributed by atoms with Crippen LogP contribution >= 0.6 is 0 Å². The molecule has 1 rings (SSSR count). The molecule has 0 aliphatic carbocycles. The zero-order chi connectivity index (χ0) is 48.9. The van der Waals surface area contributed by atoms with E-state index in [4.69, 9.17) is 49.4 Å². The Bertz CT molecular complexity index is 1650. The van der Waals surface area contributed by atoms with Gasteiger partial charge in [-0.05, 0) is 201 Å². The quantitative estimate of drug-likeness (QED) is 0.0692. The van der Waals surface area contributed by atoms with Gasteiger partial charge in [0.15, 0.2) is 0 Å². The van der Waals surface area contributed by atoms with E-state index < -0.39 is 108 Å². The largest absolute Gasteiger partial charge is 0.449 e. The third-order valence-corrected chi connectivity index (χ3v) is 49.3. The molecule has 0 heterocycles. The first-order valence-electron chi connectivity index (χ1n) is 22.0. The van der Waals surface area contributed by atoms with Crippen LogP contribution in [0.5, 0.6) is 0 Å². The third kappa shape index (κ3) is 19.4. The molecule has 0 N–H and O–H groups in total. The van der Waals surface area contributed by atoms with Crippen LogP contribution in [0.4, 0.5) is 0 Å². The van der Waals surface area contributed by atoms with Gasteiger partial charge >= 0.3 is 59.9 Å². The first-order valence-corrected chi connectivity index (χ1v) is 50.1. The summed E-state index contributed by atoms with van der Waals surface area (Å²) in [6.45, 7) is 59.7. The molecule has 0 atom stereocenters. The summed E-state index contributed by atoms with van der Waals surface area (Å²) >= 11 is 0. The lowest BCUT2D eigenvalue weighted by molar-refractivity contribution is 0.182. The van der Waals surface area contributed by atoms with Crippen LogP contribution in [0.1, 0.15) is 74.9 Å². The molecule has 0 aromatic heterocycles. The van der Waals surface area contributed by atoms with Crippen molar-refractivity contribution in [2.45, 2.75) is 181 Å². The second kappa shape index (κ2) is 22.8. The SMILES string of the molecule is CC(=C(C(C)(C)C(C)(C)C)[Si](C)(C)O[Si](C)(C)O[Si](C)(C)O[Si](C)(C)O[Si](C)(C)O[Si](C)(C)O[Si](C)(C)O[Si](C)(C)O[SiH2]O[SiH2]O[SiH2]O[SiH2]O[SiH3])c1c(C)c(C)c(C)c(C)c1C. The molecule has 0 unspecified atom stereocenters. The second-order valence-corrected chi connectivity index (χ2v) is 60.1. The van der Waals surface area contributed by atoms with E-state index >= 15 is 0 Å². The lowest BCUT2D eigenvalue weighted by Crippen LogP contribution is -2.62. The van der Waals surface area contributed by atoms with Gasteiger partial charge in [0.2, 0.25) is 8.32 Å². The molecular weight excluding hydrogens is 1000 g/mol. The summed E-state index contributed by atoms with van der Waals surface area (Å²) in [7, 11) is -25.0. The molecule has 0 spiro atoms. The first-order chi connectivity index (χ1) is 27.5. The van der Waals surface area contributed by atoms with Crippen LogP contribution in [0.3, 0.4) is 0 Å². The lowest BCUT2D eigenvalue weighted by Gasteiger charge is -2.49. The summed E-state index contributed by atoms with van der Waals surface area (Å²) in [4.78, 5) is 0. The van der Waals surface area contributed by atoms with Gasteiger partial charge in [-0.2, -0.15) is 0 Å². The number of rotatable bonds is 26. The van der Waals surface area contributed by atoms with E-state index in [0.29, 0.717) is 10.5 Å². The van der Waals surface area contributed by atoms with Crippen LogP contribution in [0.25, 0.3) is 5.57 Å². The highest BCUT2D eigenvalue weighted by Crippen LogP contribution is 2.51. The Labute approximate surface area is 401 Å². The summed E-state index contributed by atoms with van der Waals surface area (Å²) in [5.74, 6) is 0. The van der Waals surface area contributed by atoms with Gasteiger partial charge in [0, 0.05) is 0 Å². The Morgan fingerprint density at radius 2 is 0.710 bits per heavy atom. The summed E-state index contributed by atoms with van der Waals surface area (Å²) in [5.41, 5.74) is 9.39. The van der Waals surface area contributed by atoms with Crippen molar-refractivity contribution in [1.82, 2.24) is 0 Å². The maximum Gasteiger partial charge on any atom is 0.314 e. The monoisotopic (exact) mass is 1090 g/mol. The Balaban J connectivity index is 3.24. The molecular formula is C37H92O12Si13. The highest BCUT2D eigenvalue weighted by molar-refractivity contribution is 6.93. The molecule has 0 radical (unpaired) electrons. The van der Waals surface area contributed by atoms with Crippen LogP contribution < -0.4 is 0 Å². The van der Waals surface area contributed by atoms with E-state index in [1.807, 2.05) is 13.1 Å². The molecule has 364 valence electrons. The average Bonchev–Trinajstić information content (AvgIpc) is 2.99. The minimum atomic E-state index is -2.78. The predicted molar refractivity (Wildman–Crippen MR) is 293 cm³/mol. The molecule has 0 bridgehead atoms. The van der Waals surface area contributed by atoms with Gasteiger partial charge in [0.1, 0.15) is 10.5 Å². The van der Waals surface area contributed by atoms with Crippen molar-refractivity contribution in [2.75, 3.05) is 0 Å². The molecule has 0 amide bonds. The van der Waals surface area contributed by atoms with Gasteiger partial charge < -0.3 is 49.4 Å². The van der Waals surface area contributed by atoms with Crippen molar-refractivity contribution in [3.05, 3.63) is 38.6 Å². The highest BCUT2D eigenvalue weighted by Gasteiger charge is 2.52. The molecule has 25 heteroatoms. The molecule has 0 aliphatic heterocycles. The summed E-state index contributed by atoms with van der Waals surface area (Å²) in [6, 6.07) is 0. The third-order valence-electron chi connectivity index (χ3n) is 11.3. The zero-order valence-electron chi connectivity index (χ0n) is 44.7. The highest BCUT2D eigenvalue weighted by atomic mass is 28.5. The molecule has 1 aromatic carbocycles. The molecule has 0 saturated heterocycles. The number of hydrogen-bond donors (Lipinski definition) is 0. The predicted octanol–water partition coefficient (Wildman–Crippen LogP) is 7.21. The minimum absolute atomic E-state index is 0.0131. The molecule has 0 aliphatic rings. The van der Waals surface area contributed by atoms with Gasteiger partial charge in [0.05, 0.1) is 0 Å². The second-order valence-electron chi connectivity index (χ2n) is 21.9. The topological polar surface area (TPSA) is 111 Å². The summed E-state index contributed by atoms with van der Waals surface area (Å²) in [6.07, 6.45) is 0. The first kappa shape index (κ1) is 61.3. The van der Waals surface area contributed by atoms with E-state index in [1.54, 1.807) is 0 Å². The van der Waals surface area contributed by atoms with E-state index in [1.165, 1.54) is 44.2 Å². The normalized spacial score (nSPS) is 15.9. The van der Waals surface area contributed by atoms with Crippen molar-refractivity contribution >= 4 is 124 Å². The zero-order valence-corrected chi connectivity index (χ0v) is 60.4. The molecule has 1 aromatic rings. The van der Waals surface area contributed by atoms with Crippen LogP contribution in [-0.2, 0) is 49.4 Å². The van der Waals surface area contributed by atoms with Crippen molar-refractivity contribution < 1.29 is 49.4 Å². The molecule has 0 saturated carbocycles. The standard InChI is InChI=1S/C37H92O12Si13/c1-28-29(2)31(4)34(32(5)30(28)3)33(6)35(37(10,11)36(7,8)9)55(12,13)43-57(16,17)45-59(20,21)47-61(24,25)49-62(26,27)48-60(22,23)46-58(18,19)44-56(14,15)42-54-41-53-40-52-39-51-38-50/h51-54H2,1-27,50H3. The number of hydrogen-bond acceptors (Lipinski definition) is 12. The smallest absolute Gasteiger partial charge is 0.314 e. The maximum atomic E-state index is 7.49. The van der Waals surface area contributed by atoms with Crippen molar-refractivity contribution in [2.24, 2.45) is 10.8 Å². The van der Waals surface area contributed by atoms with Crippen LogP contribution in [-0.4, -0.2) is 119 Å². The Hall–Kier alpha value is 1.30. The van der Waals surface area contributed by atoms with Crippen LogP contribution in [0.15, 0.2) is 5.20 Å². The van der Waals surface area contributed by atoms with E-state index in [-0.39, 0.29) is 10.8 Å². The fourth-order valence-corrected chi connectivity index (χ4v) is 58.0. The fraction of sp³-hybridized carbons (Fsp3) is 0.784. The van der Waals surface area contributed by atoms with Gasteiger partial charge in [-0.1, -0.05) is 34.6 Å². The van der Waals surface area contributed by atoms with Gasteiger partial charge in [-0.25, -0.2) is 0 Å². The van der Waals surface area contributed by atoms with Crippen LogP contribution in [0.2, 0.25) is 105 Å². The molecule has 0 fully saturated rings. The minimum Gasteiger partial charge on any atom is -0.449 e. The number of benzene rings is 1. The van der Waals surface area contributed by atoms with Crippen molar-refractivity contribution in [3.8, 4) is 0 Å². The van der Waals surface area contributed by atoms with Crippen molar-refractivity contribution in [3.63, 3.8) is 0 Å². The average molecular weight is 1090 g/mol. The molecule has 12 nitrogen and oxygen atoms in total. The van der Waals surface area contributed by atoms with E-state index in [2.05, 4.69) is 168 Å².